The van der Waals surface area contributed by atoms with Crippen LogP contribution in [0.5, 0.6) is 0 Å². The van der Waals surface area contributed by atoms with E-state index in [9.17, 15) is 13.6 Å². The summed E-state index contributed by atoms with van der Waals surface area (Å²) in [6.45, 7) is 1.74. The van der Waals surface area contributed by atoms with Crippen molar-refractivity contribution in [1.82, 2.24) is 4.98 Å². The van der Waals surface area contributed by atoms with Crippen molar-refractivity contribution in [2.75, 3.05) is 5.32 Å². The molecule has 1 N–H and O–H groups in total. The molecule has 0 unspecified atom stereocenters. The van der Waals surface area contributed by atoms with Gasteiger partial charge in [-0.1, -0.05) is 11.6 Å². The Balaban J connectivity index is 2.00. The molecule has 0 spiro atoms. The normalized spacial score (nSPS) is 19.2. The first-order valence-electron chi connectivity index (χ1n) is 6.19. The molecular formula is C13H15ClF2N2O. The second kappa shape index (κ2) is 5.41. The van der Waals surface area contributed by atoms with Crippen LogP contribution in [-0.4, -0.2) is 16.8 Å². The first-order valence-corrected chi connectivity index (χ1v) is 6.57. The summed E-state index contributed by atoms with van der Waals surface area (Å²) in [7, 11) is 0. The Labute approximate surface area is 115 Å². The molecule has 1 amide bonds. The van der Waals surface area contributed by atoms with Crippen LogP contribution >= 0.6 is 11.6 Å². The maximum absolute atomic E-state index is 13.0. The van der Waals surface area contributed by atoms with E-state index >= 15 is 0 Å². The smallest absolute Gasteiger partial charge is 0.248 e. The number of alkyl halides is 2. The van der Waals surface area contributed by atoms with Crippen LogP contribution in [0.1, 0.15) is 31.4 Å². The van der Waals surface area contributed by atoms with Crippen LogP contribution < -0.4 is 5.32 Å². The number of anilines is 1. The van der Waals surface area contributed by atoms with Crippen molar-refractivity contribution in [2.45, 2.75) is 38.5 Å². The van der Waals surface area contributed by atoms with E-state index in [-0.39, 0.29) is 37.5 Å². The van der Waals surface area contributed by atoms with Crippen molar-refractivity contribution in [3.8, 4) is 0 Å². The van der Waals surface area contributed by atoms with E-state index in [4.69, 9.17) is 11.6 Å². The van der Waals surface area contributed by atoms with E-state index in [0.717, 1.165) is 0 Å². The van der Waals surface area contributed by atoms with E-state index in [1.54, 1.807) is 19.2 Å². The van der Waals surface area contributed by atoms with Crippen LogP contribution in [0.15, 0.2) is 12.3 Å². The number of nitrogens with zero attached hydrogens (tertiary/aromatic N) is 1. The summed E-state index contributed by atoms with van der Waals surface area (Å²) in [4.78, 5) is 16.0. The number of hydrogen-bond donors (Lipinski definition) is 1. The Bertz CT molecular complexity index is 484. The van der Waals surface area contributed by atoms with Gasteiger partial charge >= 0.3 is 0 Å². The van der Waals surface area contributed by atoms with Crippen molar-refractivity contribution >= 4 is 23.2 Å². The van der Waals surface area contributed by atoms with Gasteiger partial charge in [-0.15, -0.1) is 0 Å². The molecule has 0 atom stereocenters. The number of rotatable bonds is 2. The number of hydrogen-bond acceptors (Lipinski definition) is 2. The molecule has 104 valence electrons. The Morgan fingerprint density at radius 3 is 2.74 bits per heavy atom. The molecule has 1 fully saturated rings. The quantitative estimate of drug-likeness (QED) is 0.899. The van der Waals surface area contributed by atoms with Crippen molar-refractivity contribution in [2.24, 2.45) is 5.92 Å². The third kappa shape index (κ3) is 3.41. The zero-order chi connectivity index (χ0) is 14.0. The highest BCUT2D eigenvalue weighted by Crippen LogP contribution is 2.36. The van der Waals surface area contributed by atoms with Gasteiger partial charge < -0.3 is 5.32 Å². The largest absolute Gasteiger partial charge is 0.324 e. The summed E-state index contributed by atoms with van der Waals surface area (Å²) in [6, 6.07) is 1.60. The van der Waals surface area contributed by atoms with Gasteiger partial charge in [-0.25, -0.2) is 8.78 Å². The van der Waals surface area contributed by atoms with Crippen molar-refractivity contribution in [3.63, 3.8) is 0 Å². The molecule has 1 aliphatic carbocycles. The molecule has 6 heteroatoms. The molecule has 0 aliphatic heterocycles. The monoisotopic (exact) mass is 288 g/mol. The minimum Gasteiger partial charge on any atom is -0.324 e. The number of carbonyl (C=O) groups is 1. The van der Waals surface area contributed by atoms with Crippen LogP contribution in [-0.2, 0) is 4.79 Å². The Kier molecular flexibility index (Phi) is 4.04. The predicted molar refractivity (Wildman–Crippen MR) is 69.5 cm³/mol. The second-order valence-corrected chi connectivity index (χ2v) is 5.26. The van der Waals surface area contributed by atoms with Crippen LogP contribution in [0, 0.1) is 12.8 Å². The van der Waals surface area contributed by atoms with E-state index in [0.29, 0.717) is 16.4 Å². The van der Waals surface area contributed by atoms with E-state index in [1.165, 1.54) is 0 Å². The first kappa shape index (κ1) is 14.2. The summed E-state index contributed by atoms with van der Waals surface area (Å²) in [5, 5.41) is 3.08. The van der Waals surface area contributed by atoms with Crippen LogP contribution in [0.2, 0.25) is 5.02 Å². The van der Waals surface area contributed by atoms with Crippen LogP contribution in [0.4, 0.5) is 14.5 Å². The fraction of sp³-hybridized carbons (Fsp3) is 0.538. The van der Waals surface area contributed by atoms with Crippen molar-refractivity contribution in [3.05, 3.63) is 23.0 Å². The van der Waals surface area contributed by atoms with Gasteiger partial charge in [0.05, 0.1) is 16.4 Å². The number of pyridine rings is 1. The average molecular weight is 289 g/mol. The molecular weight excluding hydrogens is 274 g/mol. The molecule has 1 aromatic heterocycles. The summed E-state index contributed by atoms with van der Waals surface area (Å²) >= 11 is 6.02. The van der Waals surface area contributed by atoms with E-state index in [2.05, 4.69) is 10.3 Å². The maximum atomic E-state index is 13.0. The maximum Gasteiger partial charge on any atom is 0.248 e. The fourth-order valence-corrected chi connectivity index (χ4v) is 2.34. The highest BCUT2D eigenvalue weighted by atomic mass is 35.5. The third-order valence-corrected chi connectivity index (χ3v) is 3.89. The summed E-state index contributed by atoms with van der Waals surface area (Å²) in [6.07, 6.45) is 1.51. The fourth-order valence-electron chi connectivity index (χ4n) is 2.18. The van der Waals surface area contributed by atoms with Gasteiger partial charge in [0.1, 0.15) is 0 Å². The lowest BCUT2D eigenvalue weighted by molar-refractivity contribution is -0.124. The molecule has 2 rings (SSSR count). The zero-order valence-electron chi connectivity index (χ0n) is 10.5. The summed E-state index contributed by atoms with van der Waals surface area (Å²) in [5.41, 5.74) is 1.10. The minimum atomic E-state index is -2.62. The lowest BCUT2D eigenvalue weighted by Gasteiger charge is -2.27. The van der Waals surface area contributed by atoms with Crippen molar-refractivity contribution in [1.29, 1.82) is 0 Å². The lowest BCUT2D eigenvalue weighted by atomic mass is 9.86. The molecule has 1 aromatic rings. The van der Waals surface area contributed by atoms with E-state index < -0.39 is 5.92 Å². The number of amides is 1. The minimum absolute atomic E-state index is 0.209. The molecule has 0 aromatic carbocycles. The molecule has 0 radical (unpaired) electrons. The van der Waals surface area contributed by atoms with Gasteiger partial charge in [0.25, 0.3) is 0 Å². The van der Waals surface area contributed by atoms with Crippen LogP contribution in [0.25, 0.3) is 0 Å². The number of nitrogens with one attached hydrogen (secondary N) is 1. The number of aryl methyl sites for hydroxylation is 1. The summed E-state index contributed by atoms with van der Waals surface area (Å²) in [5.74, 6) is -3.24. The predicted octanol–water partition coefficient (Wildman–Crippen LogP) is 3.81. The van der Waals surface area contributed by atoms with Gasteiger partial charge in [0.15, 0.2) is 0 Å². The molecule has 0 bridgehead atoms. The average Bonchev–Trinajstić information content (AvgIpc) is 2.35. The highest BCUT2D eigenvalue weighted by molar-refractivity contribution is 6.34. The number of halogens is 3. The SMILES string of the molecule is Cc1nccc(NC(=O)C2CCC(F)(F)CC2)c1Cl. The molecule has 3 nitrogen and oxygen atoms in total. The molecule has 1 aliphatic rings. The second-order valence-electron chi connectivity index (χ2n) is 4.88. The van der Waals surface area contributed by atoms with Crippen LogP contribution in [0.3, 0.4) is 0 Å². The number of aromatic nitrogens is 1. The Morgan fingerprint density at radius 2 is 2.11 bits per heavy atom. The number of carbonyl (C=O) groups excluding carboxylic acids is 1. The third-order valence-electron chi connectivity index (χ3n) is 3.41. The van der Waals surface area contributed by atoms with Gasteiger partial charge in [0, 0.05) is 25.0 Å². The molecule has 19 heavy (non-hydrogen) atoms. The van der Waals surface area contributed by atoms with Crippen molar-refractivity contribution < 1.29 is 13.6 Å². The van der Waals surface area contributed by atoms with Gasteiger partial charge in [-0.2, -0.15) is 0 Å². The Morgan fingerprint density at radius 1 is 1.47 bits per heavy atom. The van der Waals surface area contributed by atoms with Gasteiger partial charge in [0.2, 0.25) is 11.8 Å². The highest BCUT2D eigenvalue weighted by Gasteiger charge is 2.37. The molecule has 1 heterocycles. The lowest BCUT2D eigenvalue weighted by Crippen LogP contribution is -2.31. The van der Waals surface area contributed by atoms with Gasteiger partial charge in [-0.05, 0) is 25.8 Å². The topological polar surface area (TPSA) is 42.0 Å². The standard InChI is InChI=1S/C13H15ClF2N2O/c1-8-11(14)10(4-7-17-8)18-12(19)9-2-5-13(15,16)6-3-9/h4,7,9H,2-3,5-6H2,1H3,(H,17,18,19). The Hall–Kier alpha value is -1.23. The zero-order valence-corrected chi connectivity index (χ0v) is 11.3. The first-order chi connectivity index (χ1) is 8.89. The van der Waals surface area contributed by atoms with E-state index in [1.807, 2.05) is 0 Å². The summed E-state index contributed by atoms with van der Waals surface area (Å²) < 4.78 is 26.0. The molecule has 0 saturated heterocycles. The van der Waals surface area contributed by atoms with Gasteiger partial charge in [-0.3, -0.25) is 9.78 Å². The molecule has 1 saturated carbocycles.